The Morgan fingerprint density at radius 1 is 0.854 bits per heavy atom. The van der Waals surface area contributed by atoms with Gasteiger partial charge in [-0.3, -0.25) is 0 Å². The maximum absolute atomic E-state index is 5.81. The van der Waals surface area contributed by atoms with Crippen LogP contribution in [0.5, 0.6) is 0 Å². The molecule has 0 saturated heterocycles. The first-order chi connectivity index (χ1) is 19.7. The van der Waals surface area contributed by atoms with Gasteiger partial charge in [-0.15, -0.1) is 0 Å². The molecule has 1 aliphatic carbocycles. The molecule has 2 bridgehead atoms. The molecule has 0 saturated carbocycles. The van der Waals surface area contributed by atoms with Crippen molar-refractivity contribution in [2.24, 2.45) is 0 Å². The zero-order chi connectivity index (χ0) is 28.8. The topological polar surface area (TPSA) is 34.1 Å². The van der Waals surface area contributed by atoms with Crippen LogP contribution in [0.1, 0.15) is 56.4 Å². The fourth-order valence-electron chi connectivity index (χ4n) is 6.46. The molecule has 3 aromatic carbocycles. The van der Waals surface area contributed by atoms with Crippen LogP contribution in [0, 0.1) is 13.8 Å². The van der Waals surface area contributed by atoms with Crippen molar-refractivity contribution < 1.29 is 4.74 Å². The third-order valence-corrected chi connectivity index (χ3v) is 14.7. The van der Waals surface area contributed by atoms with E-state index in [1.165, 1.54) is 60.4 Å². The van der Waals surface area contributed by atoms with Gasteiger partial charge in [0.05, 0.1) is 24.2 Å². The standard InChI is InChI=1S/C36H42N2OP2/c1-22(2)40-20-26-10-8-12-29-25(6)30-13-9-11-27(36(30)38-35(26)29)21-41(23(3)4)34-19-28(39-7)15-17-32(34)37-31-16-14-24(5)18-33(31)40/h8-16,18-19,22-23,32,37H,17,20-21H2,1-7H3. The first-order valence-electron chi connectivity index (χ1n) is 14.9. The normalized spacial score (nSPS) is 21.0. The van der Waals surface area contributed by atoms with Crippen molar-refractivity contribution in [3.63, 3.8) is 0 Å². The van der Waals surface area contributed by atoms with E-state index in [1.54, 1.807) is 7.11 Å². The van der Waals surface area contributed by atoms with E-state index in [-0.39, 0.29) is 6.04 Å². The van der Waals surface area contributed by atoms with E-state index in [4.69, 9.17) is 9.72 Å². The van der Waals surface area contributed by atoms with Crippen molar-refractivity contribution in [2.45, 2.75) is 77.6 Å². The number of rotatable bonds is 3. The molecule has 1 aliphatic heterocycles. The second-order valence-corrected chi connectivity index (χ2v) is 17.7. The van der Waals surface area contributed by atoms with Crippen molar-refractivity contribution in [1.82, 2.24) is 4.98 Å². The summed E-state index contributed by atoms with van der Waals surface area (Å²) in [5, 5.41) is 9.67. The zero-order valence-corrected chi connectivity index (χ0v) is 27.2. The summed E-state index contributed by atoms with van der Waals surface area (Å²) in [5.74, 6) is 0.989. The summed E-state index contributed by atoms with van der Waals surface area (Å²) in [6.07, 6.45) is 7.58. The van der Waals surface area contributed by atoms with Crippen LogP contribution in [-0.4, -0.2) is 29.5 Å². The van der Waals surface area contributed by atoms with Crippen molar-refractivity contribution in [3.05, 3.63) is 100 Å². The Hall–Kier alpha value is -2.73. The van der Waals surface area contributed by atoms with Crippen LogP contribution in [0.15, 0.2) is 77.8 Å². The van der Waals surface area contributed by atoms with Crippen LogP contribution < -0.4 is 10.6 Å². The third-order valence-electron chi connectivity index (χ3n) is 8.76. The third kappa shape index (κ3) is 5.33. The van der Waals surface area contributed by atoms with Gasteiger partial charge < -0.3 is 10.1 Å². The van der Waals surface area contributed by atoms with Crippen LogP contribution in [0.3, 0.4) is 0 Å². The van der Waals surface area contributed by atoms with E-state index in [2.05, 4.69) is 114 Å². The van der Waals surface area contributed by atoms with Crippen molar-refractivity contribution in [2.75, 3.05) is 12.4 Å². The Kier molecular flexibility index (Phi) is 7.97. The van der Waals surface area contributed by atoms with Crippen LogP contribution >= 0.6 is 15.8 Å². The van der Waals surface area contributed by atoms with Gasteiger partial charge in [0, 0.05) is 16.5 Å². The van der Waals surface area contributed by atoms with Crippen LogP contribution in [0.4, 0.5) is 5.69 Å². The fraction of sp³-hybridized carbons (Fsp3) is 0.361. The van der Waals surface area contributed by atoms with Gasteiger partial charge in [0.15, 0.2) is 0 Å². The lowest BCUT2D eigenvalue weighted by molar-refractivity contribution is 0.303. The van der Waals surface area contributed by atoms with E-state index < -0.39 is 15.8 Å². The second kappa shape index (κ2) is 11.5. The average Bonchev–Trinajstić information content (AvgIpc) is 2.95. The number of methoxy groups -OCH3 is 1. The van der Waals surface area contributed by atoms with Gasteiger partial charge >= 0.3 is 0 Å². The number of hydrogen-bond acceptors (Lipinski definition) is 3. The van der Waals surface area contributed by atoms with E-state index in [0.29, 0.717) is 11.3 Å². The number of para-hydroxylation sites is 2. The number of nitrogens with zero attached hydrogens (tertiary/aromatic N) is 1. The highest BCUT2D eigenvalue weighted by atomic mass is 31.1. The lowest BCUT2D eigenvalue weighted by Gasteiger charge is -2.35. The molecule has 0 fully saturated rings. The van der Waals surface area contributed by atoms with E-state index in [1.807, 2.05) is 0 Å². The Morgan fingerprint density at radius 2 is 1.49 bits per heavy atom. The first-order valence-corrected chi connectivity index (χ1v) is 18.1. The molecule has 3 atom stereocenters. The molecule has 0 spiro atoms. The number of benzene rings is 3. The number of anilines is 1. The highest BCUT2D eigenvalue weighted by molar-refractivity contribution is 7.66. The number of pyridine rings is 1. The van der Waals surface area contributed by atoms with E-state index in [9.17, 15) is 0 Å². The maximum atomic E-state index is 5.81. The van der Waals surface area contributed by atoms with Crippen LogP contribution in [0.25, 0.3) is 21.8 Å². The lowest BCUT2D eigenvalue weighted by atomic mass is 10.00. The number of nitrogens with one attached hydrogen (secondary N) is 1. The molecule has 5 heteroatoms. The summed E-state index contributed by atoms with van der Waals surface area (Å²) in [5.41, 5.74) is 10.2. The summed E-state index contributed by atoms with van der Waals surface area (Å²) < 4.78 is 5.81. The quantitative estimate of drug-likeness (QED) is 0.194. The maximum Gasteiger partial charge on any atom is 0.115 e. The van der Waals surface area contributed by atoms with Gasteiger partial charge in [0.25, 0.3) is 0 Å². The molecule has 0 amide bonds. The summed E-state index contributed by atoms with van der Waals surface area (Å²) in [7, 11) is 0.826. The largest absolute Gasteiger partial charge is 0.497 e. The SMILES string of the molecule is COC1=CCC2Nc3ccc(C)cc3P(C(C)C)Cc3cccc4c(C)c5cccc(c5nc34)CP(C(C)C)C2=C1. The van der Waals surface area contributed by atoms with Gasteiger partial charge in [-0.05, 0) is 95.5 Å². The van der Waals surface area contributed by atoms with Crippen LogP contribution in [-0.2, 0) is 17.1 Å². The van der Waals surface area contributed by atoms with Crippen molar-refractivity contribution >= 4 is 48.6 Å². The summed E-state index contributed by atoms with van der Waals surface area (Å²) in [6, 6.07) is 21.0. The number of allylic oxidation sites excluding steroid dienone is 1. The monoisotopic (exact) mass is 580 g/mol. The molecule has 6 rings (SSSR count). The van der Waals surface area contributed by atoms with Gasteiger partial charge in [-0.2, -0.15) is 0 Å². The molecule has 0 radical (unpaired) electrons. The average molecular weight is 581 g/mol. The summed E-state index contributed by atoms with van der Waals surface area (Å²) in [4.78, 5) is 5.53. The van der Waals surface area contributed by atoms with Crippen LogP contribution in [0.2, 0.25) is 0 Å². The Morgan fingerprint density at radius 3 is 2.10 bits per heavy atom. The van der Waals surface area contributed by atoms with Gasteiger partial charge in [-0.1, -0.05) is 91.6 Å². The van der Waals surface area contributed by atoms with E-state index >= 15 is 0 Å². The Balaban J connectivity index is 1.66. The molecule has 41 heavy (non-hydrogen) atoms. The zero-order valence-electron chi connectivity index (χ0n) is 25.5. The second-order valence-electron chi connectivity index (χ2n) is 12.1. The smallest absolute Gasteiger partial charge is 0.115 e. The molecule has 2 heterocycles. The number of aryl methyl sites for hydroxylation is 2. The Labute approximate surface area is 248 Å². The van der Waals surface area contributed by atoms with Gasteiger partial charge in [-0.25, -0.2) is 4.98 Å². The molecule has 1 aromatic heterocycles. The number of ether oxygens (including phenoxy) is 1. The summed E-state index contributed by atoms with van der Waals surface area (Å²) in [6.45, 7) is 14.1. The molecule has 212 valence electrons. The molecule has 3 unspecified atom stereocenters. The van der Waals surface area contributed by atoms with Crippen molar-refractivity contribution in [3.8, 4) is 0 Å². The minimum absolute atomic E-state index is 0.250. The minimum Gasteiger partial charge on any atom is -0.497 e. The molecular weight excluding hydrogens is 538 g/mol. The fourth-order valence-corrected chi connectivity index (χ4v) is 11.6. The minimum atomic E-state index is -0.494. The highest BCUT2D eigenvalue weighted by Gasteiger charge is 2.30. The van der Waals surface area contributed by atoms with Gasteiger partial charge in [0.2, 0.25) is 0 Å². The Bertz CT molecular complexity index is 1690. The predicted molar refractivity (Wildman–Crippen MR) is 182 cm³/mol. The van der Waals surface area contributed by atoms with E-state index in [0.717, 1.165) is 24.5 Å². The molecule has 1 N–H and O–H groups in total. The number of aromatic nitrogens is 1. The van der Waals surface area contributed by atoms with Crippen molar-refractivity contribution in [1.29, 1.82) is 0 Å². The molecule has 4 aromatic rings. The predicted octanol–water partition coefficient (Wildman–Crippen LogP) is 9.72. The van der Waals surface area contributed by atoms with Gasteiger partial charge in [0.1, 0.15) is 5.76 Å². The number of hydrogen-bond donors (Lipinski definition) is 1. The molecule has 3 nitrogen and oxygen atoms in total. The first kappa shape index (κ1) is 28.4. The lowest BCUT2D eigenvalue weighted by Crippen LogP contribution is -2.28. The molecular formula is C36H42N2OP2. The molecule has 2 aliphatic rings. The summed E-state index contributed by atoms with van der Waals surface area (Å²) >= 11 is 0. The highest BCUT2D eigenvalue weighted by Crippen LogP contribution is 2.56. The number of fused-ring (bicyclic) bond motifs is 2.